The quantitative estimate of drug-likeness (QED) is 0.752. The lowest BCUT2D eigenvalue weighted by molar-refractivity contribution is -0.142. The van der Waals surface area contributed by atoms with Gasteiger partial charge in [-0.3, -0.25) is 9.59 Å². The van der Waals surface area contributed by atoms with Crippen molar-refractivity contribution in [2.45, 2.75) is 59.0 Å². The van der Waals surface area contributed by atoms with Crippen molar-refractivity contribution >= 4 is 11.9 Å². The summed E-state index contributed by atoms with van der Waals surface area (Å²) in [5, 5.41) is 11.9. The van der Waals surface area contributed by atoms with Crippen molar-refractivity contribution in [3.63, 3.8) is 0 Å². The first kappa shape index (κ1) is 17.0. The van der Waals surface area contributed by atoms with Gasteiger partial charge in [-0.15, -0.1) is 0 Å². The second-order valence-electron chi connectivity index (χ2n) is 6.78. The number of hydrogen-bond acceptors (Lipinski definition) is 3. The van der Waals surface area contributed by atoms with Gasteiger partial charge in [0.1, 0.15) is 0 Å². The molecule has 20 heavy (non-hydrogen) atoms. The molecule has 0 radical (unpaired) electrons. The number of ether oxygens (including phenoxy) is 1. The Morgan fingerprint density at radius 1 is 1.40 bits per heavy atom. The highest BCUT2D eigenvalue weighted by molar-refractivity contribution is 5.77. The van der Waals surface area contributed by atoms with Crippen LogP contribution in [-0.4, -0.2) is 36.2 Å². The summed E-state index contributed by atoms with van der Waals surface area (Å²) in [4.78, 5) is 22.9. The van der Waals surface area contributed by atoms with Gasteiger partial charge in [0.15, 0.2) is 0 Å². The average molecular weight is 285 g/mol. The van der Waals surface area contributed by atoms with Crippen LogP contribution in [0.25, 0.3) is 0 Å². The Bertz CT molecular complexity index is 329. The van der Waals surface area contributed by atoms with E-state index in [0.29, 0.717) is 12.8 Å². The van der Waals surface area contributed by atoms with Crippen LogP contribution < -0.4 is 5.32 Å². The Morgan fingerprint density at radius 2 is 2.10 bits per heavy atom. The van der Waals surface area contributed by atoms with E-state index in [-0.39, 0.29) is 24.0 Å². The zero-order valence-corrected chi connectivity index (χ0v) is 12.8. The lowest BCUT2D eigenvalue weighted by Crippen LogP contribution is -2.35. The fourth-order valence-electron chi connectivity index (χ4n) is 2.48. The highest BCUT2D eigenvalue weighted by atomic mass is 16.5. The molecule has 0 aromatic carbocycles. The van der Waals surface area contributed by atoms with Crippen LogP contribution in [0.4, 0.5) is 0 Å². The number of carbonyl (C=O) groups is 2. The van der Waals surface area contributed by atoms with Crippen molar-refractivity contribution < 1.29 is 19.4 Å². The Kier molecular flexibility index (Phi) is 6.46. The van der Waals surface area contributed by atoms with Gasteiger partial charge in [0, 0.05) is 19.6 Å². The average Bonchev–Trinajstić information content (AvgIpc) is 2.83. The SMILES string of the molecule is CC(C)(C)CC(CNC(=O)CCC1CCCO1)C(=O)O. The third-order valence-electron chi connectivity index (χ3n) is 3.47. The molecule has 1 aliphatic heterocycles. The molecule has 116 valence electrons. The number of nitrogens with one attached hydrogen (secondary N) is 1. The summed E-state index contributed by atoms with van der Waals surface area (Å²) in [6.07, 6.45) is 3.98. The molecule has 2 atom stereocenters. The van der Waals surface area contributed by atoms with E-state index in [9.17, 15) is 14.7 Å². The molecule has 1 amide bonds. The normalized spacial score (nSPS) is 20.6. The fourth-order valence-corrected chi connectivity index (χ4v) is 2.48. The summed E-state index contributed by atoms with van der Waals surface area (Å²) >= 11 is 0. The molecule has 1 saturated heterocycles. The van der Waals surface area contributed by atoms with Gasteiger partial charge in [0.25, 0.3) is 0 Å². The van der Waals surface area contributed by atoms with Crippen LogP contribution in [0, 0.1) is 11.3 Å². The molecule has 0 aromatic heterocycles. The minimum absolute atomic E-state index is 0.0640. The molecule has 1 rings (SSSR count). The van der Waals surface area contributed by atoms with Crippen molar-refractivity contribution in [2.24, 2.45) is 11.3 Å². The van der Waals surface area contributed by atoms with E-state index in [2.05, 4.69) is 5.32 Å². The third kappa shape index (κ3) is 6.89. The maximum Gasteiger partial charge on any atom is 0.308 e. The molecule has 5 heteroatoms. The van der Waals surface area contributed by atoms with Crippen LogP contribution in [0.3, 0.4) is 0 Å². The molecule has 1 fully saturated rings. The monoisotopic (exact) mass is 285 g/mol. The van der Waals surface area contributed by atoms with E-state index in [1.807, 2.05) is 20.8 Å². The van der Waals surface area contributed by atoms with Crippen LogP contribution in [0.5, 0.6) is 0 Å². The molecular weight excluding hydrogens is 258 g/mol. The maximum atomic E-state index is 11.7. The minimum atomic E-state index is -0.848. The summed E-state index contributed by atoms with van der Waals surface area (Å²) in [7, 11) is 0. The standard InChI is InChI=1S/C15H27NO4/c1-15(2,3)9-11(14(18)19)10-16-13(17)7-6-12-5-4-8-20-12/h11-12H,4-10H2,1-3H3,(H,16,17)(H,18,19). The third-order valence-corrected chi connectivity index (χ3v) is 3.47. The number of aliphatic carboxylic acids is 1. The van der Waals surface area contributed by atoms with E-state index >= 15 is 0 Å². The predicted molar refractivity (Wildman–Crippen MR) is 76.4 cm³/mol. The topological polar surface area (TPSA) is 75.6 Å². The highest BCUT2D eigenvalue weighted by Crippen LogP contribution is 2.24. The van der Waals surface area contributed by atoms with Gasteiger partial charge in [-0.05, 0) is 31.1 Å². The molecule has 0 saturated carbocycles. The van der Waals surface area contributed by atoms with E-state index < -0.39 is 11.9 Å². The summed E-state index contributed by atoms with van der Waals surface area (Å²) in [6, 6.07) is 0. The minimum Gasteiger partial charge on any atom is -0.481 e. The van der Waals surface area contributed by atoms with E-state index in [1.165, 1.54) is 0 Å². The summed E-state index contributed by atoms with van der Waals surface area (Å²) in [5.41, 5.74) is -0.0640. The first-order valence-electron chi connectivity index (χ1n) is 7.39. The lowest BCUT2D eigenvalue weighted by Gasteiger charge is -2.23. The smallest absolute Gasteiger partial charge is 0.308 e. The van der Waals surface area contributed by atoms with Crippen molar-refractivity contribution in [3.8, 4) is 0 Å². The molecule has 0 spiro atoms. The van der Waals surface area contributed by atoms with Crippen molar-refractivity contribution in [2.75, 3.05) is 13.2 Å². The Balaban J connectivity index is 2.27. The summed E-state index contributed by atoms with van der Waals surface area (Å²) in [6.45, 7) is 7.00. The number of rotatable bonds is 7. The summed E-state index contributed by atoms with van der Waals surface area (Å²) in [5.74, 6) is -1.46. The molecular formula is C15H27NO4. The number of hydrogen-bond donors (Lipinski definition) is 2. The maximum absolute atomic E-state index is 11.7. The highest BCUT2D eigenvalue weighted by Gasteiger charge is 2.25. The Labute approximate surface area is 121 Å². The first-order chi connectivity index (χ1) is 9.28. The number of amides is 1. The van der Waals surface area contributed by atoms with Gasteiger partial charge in [-0.1, -0.05) is 20.8 Å². The van der Waals surface area contributed by atoms with E-state index in [0.717, 1.165) is 25.9 Å². The van der Waals surface area contributed by atoms with Crippen LogP contribution in [0.15, 0.2) is 0 Å². The van der Waals surface area contributed by atoms with Crippen LogP contribution in [-0.2, 0) is 14.3 Å². The van der Waals surface area contributed by atoms with Crippen molar-refractivity contribution in [1.82, 2.24) is 5.32 Å². The molecule has 1 heterocycles. The summed E-state index contributed by atoms with van der Waals surface area (Å²) < 4.78 is 5.46. The number of carboxylic acid groups (broad SMARTS) is 1. The van der Waals surface area contributed by atoms with E-state index in [1.54, 1.807) is 0 Å². The van der Waals surface area contributed by atoms with Gasteiger partial charge in [-0.2, -0.15) is 0 Å². The van der Waals surface area contributed by atoms with E-state index in [4.69, 9.17) is 4.74 Å². The Morgan fingerprint density at radius 3 is 2.60 bits per heavy atom. The predicted octanol–water partition coefficient (Wildman–Crippen LogP) is 2.20. The zero-order valence-electron chi connectivity index (χ0n) is 12.8. The largest absolute Gasteiger partial charge is 0.481 e. The molecule has 2 N–H and O–H groups in total. The fraction of sp³-hybridized carbons (Fsp3) is 0.867. The van der Waals surface area contributed by atoms with Crippen molar-refractivity contribution in [1.29, 1.82) is 0 Å². The molecule has 0 bridgehead atoms. The van der Waals surface area contributed by atoms with Gasteiger partial charge in [0.05, 0.1) is 12.0 Å². The van der Waals surface area contributed by atoms with Crippen LogP contribution in [0.1, 0.15) is 52.9 Å². The van der Waals surface area contributed by atoms with Gasteiger partial charge in [-0.25, -0.2) is 0 Å². The van der Waals surface area contributed by atoms with Crippen LogP contribution >= 0.6 is 0 Å². The van der Waals surface area contributed by atoms with Gasteiger partial charge in [0.2, 0.25) is 5.91 Å². The lowest BCUT2D eigenvalue weighted by atomic mass is 9.84. The molecule has 1 aliphatic rings. The Hall–Kier alpha value is -1.10. The molecule has 2 unspecified atom stereocenters. The van der Waals surface area contributed by atoms with Gasteiger partial charge < -0.3 is 15.2 Å². The van der Waals surface area contributed by atoms with Crippen LogP contribution in [0.2, 0.25) is 0 Å². The van der Waals surface area contributed by atoms with Gasteiger partial charge >= 0.3 is 5.97 Å². The molecule has 0 aromatic rings. The zero-order chi connectivity index (χ0) is 15.2. The second-order valence-corrected chi connectivity index (χ2v) is 6.78. The molecule has 5 nitrogen and oxygen atoms in total. The second kappa shape index (κ2) is 7.62. The molecule has 0 aliphatic carbocycles. The van der Waals surface area contributed by atoms with Crippen molar-refractivity contribution in [3.05, 3.63) is 0 Å². The number of carboxylic acids is 1. The first-order valence-corrected chi connectivity index (χ1v) is 7.39. The number of carbonyl (C=O) groups excluding carboxylic acids is 1.